The molecule has 2 amide bonds. The van der Waals surface area contributed by atoms with E-state index in [1.807, 2.05) is 0 Å². The van der Waals surface area contributed by atoms with E-state index in [2.05, 4.69) is 0 Å². The topological polar surface area (TPSA) is 83.9 Å². The van der Waals surface area contributed by atoms with E-state index in [1.54, 1.807) is 48.5 Å². The lowest BCUT2D eigenvalue weighted by Gasteiger charge is -2.07. The first kappa shape index (κ1) is 17.8. The van der Waals surface area contributed by atoms with Crippen molar-refractivity contribution in [2.75, 3.05) is 7.05 Å². The van der Waals surface area contributed by atoms with Crippen molar-refractivity contribution in [3.8, 4) is 5.75 Å². The molecular weight excluding hydrogens is 354 g/mol. The maximum atomic E-state index is 11.9. The number of carboxylic acid groups (broad SMARTS) is 1. The van der Waals surface area contributed by atoms with Crippen LogP contribution < -0.4 is 4.74 Å². The van der Waals surface area contributed by atoms with Crippen LogP contribution in [0.25, 0.3) is 6.08 Å². The number of rotatable bonds is 5. The third kappa shape index (κ3) is 3.94. The lowest BCUT2D eigenvalue weighted by molar-refractivity contribution is -0.121. The maximum Gasteiger partial charge on any atom is 0.335 e. The first-order valence-corrected chi connectivity index (χ1v) is 8.52. The van der Waals surface area contributed by atoms with E-state index in [9.17, 15) is 14.4 Å². The molecule has 2 aromatic carbocycles. The monoisotopic (exact) mass is 369 g/mol. The molecule has 1 heterocycles. The van der Waals surface area contributed by atoms with Gasteiger partial charge >= 0.3 is 5.97 Å². The van der Waals surface area contributed by atoms with Gasteiger partial charge in [0.15, 0.2) is 0 Å². The minimum absolute atomic E-state index is 0.214. The molecular formula is C19H15NO5S. The van der Waals surface area contributed by atoms with Crippen molar-refractivity contribution in [2.45, 2.75) is 6.61 Å². The van der Waals surface area contributed by atoms with E-state index in [0.29, 0.717) is 10.7 Å². The Balaban J connectivity index is 1.65. The average molecular weight is 369 g/mol. The fourth-order valence-corrected chi connectivity index (χ4v) is 3.15. The van der Waals surface area contributed by atoms with Crippen LogP contribution in [0.15, 0.2) is 53.4 Å². The van der Waals surface area contributed by atoms with Crippen LogP contribution in [0.3, 0.4) is 0 Å². The zero-order valence-electron chi connectivity index (χ0n) is 13.8. The second-order valence-electron chi connectivity index (χ2n) is 5.60. The van der Waals surface area contributed by atoms with Gasteiger partial charge in [-0.1, -0.05) is 24.3 Å². The molecule has 0 aromatic heterocycles. The van der Waals surface area contributed by atoms with E-state index < -0.39 is 5.97 Å². The zero-order chi connectivity index (χ0) is 18.7. The number of imide groups is 1. The van der Waals surface area contributed by atoms with E-state index in [4.69, 9.17) is 9.84 Å². The highest BCUT2D eigenvalue weighted by Crippen LogP contribution is 2.31. The minimum atomic E-state index is -0.979. The summed E-state index contributed by atoms with van der Waals surface area (Å²) in [4.78, 5) is 35.8. The van der Waals surface area contributed by atoms with Crippen LogP contribution in [0.2, 0.25) is 0 Å². The Hall–Kier alpha value is -3.06. The lowest BCUT2D eigenvalue weighted by atomic mass is 10.1. The third-order valence-corrected chi connectivity index (χ3v) is 4.70. The number of ether oxygens (including phenoxy) is 1. The molecule has 7 heteroatoms. The molecule has 0 radical (unpaired) electrons. The maximum absolute atomic E-state index is 11.9. The zero-order valence-corrected chi connectivity index (χ0v) is 14.7. The number of thioether (sulfide) groups is 1. The standard InChI is InChI=1S/C19H15NO5S/c1-20-17(21)16(26-19(20)24)10-12-5-7-15(8-6-12)25-11-13-3-2-4-14(9-13)18(22)23/h2-10H,11H2,1H3,(H,22,23)/b16-10-. The van der Waals surface area contributed by atoms with Crippen molar-refractivity contribution < 1.29 is 24.2 Å². The number of amides is 2. The molecule has 132 valence electrons. The summed E-state index contributed by atoms with van der Waals surface area (Å²) in [5.41, 5.74) is 1.75. The molecule has 2 aromatic rings. The third-order valence-electron chi connectivity index (χ3n) is 3.74. The Labute approximate surface area is 154 Å². The van der Waals surface area contributed by atoms with Crippen molar-refractivity contribution in [1.82, 2.24) is 4.90 Å². The van der Waals surface area contributed by atoms with Gasteiger partial charge in [0.1, 0.15) is 12.4 Å². The van der Waals surface area contributed by atoms with Crippen molar-refractivity contribution in [3.63, 3.8) is 0 Å². The van der Waals surface area contributed by atoms with Crippen LogP contribution in [0.1, 0.15) is 21.5 Å². The number of likely N-dealkylation sites (N-methyl/N-ethyl adjacent to an activating group) is 1. The van der Waals surface area contributed by atoms with Crippen LogP contribution in [0.4, 0.5) is 4.79 Å². The molecule has 26 heavy (non-hydrogen) atoms. The molecule has 3 rings (SSSR count). The summed E-state index contributed by atoms with van der Waals surface area (Å²) in [7, 11) is 1.45. The molecule has 0 saturated carbocycles. The van der Waals surface area contributed by atoms with Gasteiger partial charge in [-0.15, -0.1) is 0 Å². The van der Waals surface area contributed by atoms with E-state index >= 15 is 0 Å². The minimum Gasteiger partial charge on any atom is -0.489 e. The van der Waals surface area contributed by atoms with Crippen LogP contribution in [0.5, 0.6) is 5.75 Å². The van der Waals surface area contributed by atoms with Gasteiger partial charge in [0.2, 0.25) is 0 Å². The smallest absolute Gasteiger partial charge is 0.335 e. The molecule has 1 saturated heterocycles. The molecule has 1 aliphatic heterocycles. The van der Waals surface area contributed by atoms with Gasteiger partial charge in [-0.25, -0.2) is 4.79 Å². The van der Waals surface area contributed by atoms with Crippen LogP contribution in [0, 0.1) is 0 Å². The fraction of sp³-hybridized carbons (Fsp3) is 0.105. The summed E-state index contributed by atoms with van der Waals surface area (Å²) < 4.78 is 5.66. The van der Waals surface area contributed by atoms with Gasteiger partial charge in [-0.05, 0) is 53.2 Å². The van der Waals surface area contributed by atoms with Crippen molar-refractivity contribution in [2.24, 2.45) is 0 Å². The van der Waals surface area contributed by atoms with Crippen LogP contribution in [-0.2, 0) is 11.4 Å². The summed E-state index contributed by atoms with van der Waals surface area (Å²) >= 11 is 0.911. The highest BCUT2D eigenvalue weighted by Gasteiger charge is 2.31. The van der Waals surface area contributed by atoms with Gasteiger partial charge in [-0.3, -0.25) is 14.5 Å². The summed E-state index contributed by atoms with van der Waals surface area (Å²) in [6.07, 6.45) is 1.66. The van der Waals surface area contributed by atoms with Gasteiger partial charge in [0.05, 0.1) is 10.5 Å². The Morgan fingerprint density at radius 3 is 2.54 bits per heavy atom. The van der Waals surface area contributed by atoms with Crippen molar-refractivity contribution in [1.29, 1.82) is 0 Å². The van der Waals surface area contributed by atoms with E-state index in [-0.39, 0.29) is 23.3 Å². The Bertz CT molecular complexity index is 904. The molecule has 0 spiro atoms. The molecule has 0 atom stereocenters. The van der Waals surface area contributed by atoms with E-state index in [1.165, 1.54) is 13.1 Å². The van der Waals surface area contributed by atoms with Crippen LogP contribution >= 0.6 is 11.8 Å². The predicted molar refractivity (Wildman–Crippen MR) is 97.9 cm³/mol. The molecule has 0 aliphatic carbocycles. The lowest BCUT2D eigenvalue weighted by Crippen LogP contribution is -2.22. The highest BCUT2D eigenvalue weighted by atomic mass is 32.2. The molecule has 1 fully saturated rings. The number of carboxylic acids is 1. The number of aromatic carboxylic acids is 1. The van der Waals surface area contributed by atoms with Gasteiger partial charge in [-0.2, -0.15) is 0 Å². The summed E-state index contributed by atoms with van der Waals surface area (Å²) in [6.45, 7) is 0.245. The number of hydrogen-bond acceptors (Lipinski definition) is 5. The van der Waals surface area contributed by atoms with Crippen molar-refractivity contribution >= 4 is 35.0 Å². The fourth-order valence-electron chi connectivity index (χ4n) is 2.32. The molecule has 1 aliphatic rings. The number of carbonyl (C=O) groups excluding carboxylic acids is 2. The molecule has 0 bridgehead atoms. The van der Waals surface area contributed by atoms with Crippen molar-refractivity contribution in [3.05, 3.63) is 70.1 Å². The normalized spacial score (nSPS) is 15.6. The second-order valence-corrected chi connectivity index (χ2v) is 6.60. The second kappa shape index (κ2) is 7.45. The van der Waals surface area contributed by atoms with Gasteiger partial charge < -0.3 is 9.84 Å². The summed E-state index contributed by atoms with van der Waals surface area (Å²) in [5, 5.41) is 8.71. The van der Waals surface area contributed by atoms with Gasteiger partial charge in [0.25, 0.3) is 11.1 Å². The first-order valence-electron chi connectivity index (χ1n) is 7.71. The van der Waals surface area contributed by atoms with Gasteiger partial charge in [0, 0.05) is 7.05 Å². The SMILES string of the molecule is CN1C(=O)S/C(=C\c2ccc(OCc3cccc(C(=O)O)c3)cc2)C1=O. The summed E-state index contributed by atoms with van der Waals surface area (Å²) in [5.74, 6) is -0.669. The predicted octanol–water partition coefficient (Wildman–Crippen LogP) is 3.63. The number of carbonyl (C=O) groups is 3. The highest BCUT2D eigenvalue weighted by molar-refractivity contribution is 8.18. The number of nitrogens with zero attached hydrogens (tertiary/aromatic N) is 1. The largest absolute Gasteiger partial charge is 0.489 e. The number of benzene rings is 2. The quantitative estimate of drug-likeness (QED) is 0.810. The Kier molecular flexibility index (Phi) is 5.09. The molecule has 1 N–H and O–H groups in total. The Morgan fingerprint density at radius 1 is 1.19 bits per heavy atom. The van der Waals surface area contributed by atoms with E-state index in [0.717, 1.165) is 27.8 Å². The molecule has 0 unspecified atom stereocenters. The van der Waals surface area contributed by atoms with Crippen LogP contribution in [-0.4, -0.2) is 34.2 Å². The average Bonchev–Trinajstić information content (AvgIpc) is 2.88. The molecule has 6 nitrogen and oxygen atoms in total. The summed E-state index contributed by atoms with van der Waals surface area (Å²) in [6, 6.07) is 13.6. The Morgan fingerprint density at radius 2 is 1.92 bits per heavy atom. The first-order chi connectivity index (χ1) is 12.4. The number of hydrogen-bond donors (Lipinski definition) is 1.